The fourth-order valence-corrected chi connectivity index (χ4v) is 2.02. The predicted molar refractivity (Wildman–Crippen MR) is 65.9 cm³/mol. The van der Waals surface area contributed by atoms with E-state index in [0.29, 0.717) is 0 Å². The zero-order valence-corrected chi connectivity index (χ0v) is 11.5. The van der Waals surface area contributed by atoms with Gasteiger partial charge in [0.1, 0.15) is 5.92 Å². The monoisotopic (exact) mass is 323 g/mol. The molecule has 0 unspecified atom stereocenters. The third-order valence-electron chi connectivity index (χ3n) is 2.61. The van der Waals surface area contributed by atoms with E-state index in [2.05, 4.69) is 21.2 Å². The van der Waals surface area contributed by atoms with E-state index >= 15 is 0 Å². The van der Waals surface area contributed by atoms with Crippen LogP contribution in [0, 0.1) is 5.92 Å². The van der Waals surface area contributed by atoms with Crippen LogP contribution in [0.1, 0.15) is 25.5 Å². The van der Waals surface area contributed by atoms with Crippen LogP contribution in [0.4, 0.5) is 13.2 Å². The molecule has 0 aliphatic carbocycles. The van der Waals surface area contributed by atoms with Gasteiger partial charge in [0.05, 0.1) is 6.04 Å². The maximum atomic E-state index is 12.4. The van der Waals surface area contributed by atoms with Crippen LogP contribution in [0.5, 0.6) is 0 Å². The van der Waals surface area contributed by atoms with Crippen molar-refractivity contribution in [1.82, 2.24) is 5.32 Å². The van der Waals surface area contributed by atoms with E-state index in [0.717, 1.165) is 17.0 Å². The Kier molecular flexibility index (Phi) is 4.78. The molecule has 0 radical (unpaired) electrons. The topological polar surface area (TPSA) is 29.1 Å². The lowest BCUT2D eigenvalue weighted by molar-refractivity contribution is -0.179. The Bertz CT molecular complexity index is 434. The third kappa shape index (κ3) is 3.73. The van der Waals surface area contributed by atoms with Crippen LogP contribution in [0.15, 0.2) is 28.7 Å². The zero-order chi connectivity index (χ0) is 13.9. The van der Waals surface area contributed by atoms with Gasteiger partial charge in [0.2, 0.25) is 5.91 Å². The highest BCUT2D eigenvalue weighted by atomic mass is 79.9. The first-order valence-electron chi connectivity index (χ1n) is 5.35. The summed E-state index contributed by atoms with van der Waals surface area (Å²) in [6, 6.07) is 6.58. The molecule has 2 nitrogen and oxygen atoms in total. The predicted octanol–water partition coefficient (Wildman–Crippen LogP) is 3.82. The Labute approximate surface area is 112 Å². The maximum Gasteiger partial charge on any atom is 0.400 e. The molecule has 6 heteroatoms. The summed E-state index contributed by atoms with van der Waals surface area (Å²) < 4.78 is 37.8. The molecule has 0 heterocycles. The van der Waals surface area contributed by atoms with Crippen molar-refractivity contribution in [1.29, 1.82) is 0 Å². The third-order valence-corrected chi connectivity index (χ3v) is 3.34. The molecule has 0 aliphatic rings. The number of hydrogen-bond donors (Lipinski definition) is 1. The van der Waals surface area contributed by atoms with Gasteiger partial charge >= 0.3 is 6.18 Å². The van der Waals surface area contributed by atoms with Gasteiger partial charge in [0.25, 0.3) is 0 Å². The normalized spacial score (nSPS) is 15.0. The number of carbonyl (C=O) groups excluding carboxylic acids is 1. The average Bonchev–Trinajstić information content (AvgIpc) is 2.27. The maximum absolute atomic E-state index is 12.4. The van der Waals surface area contributed by atoms with Crippen LogP contribution in [-0.4, -0.2) is 12.1 Å². The van der Waals surface area contributed by atoms with Crippen LogP contribution in [-0.2, 0) is 4.79 Å². The summed E-state index contributed by atoms with van der Waals surface area (Å²) in [5, 5.41) is 2.35. The van der Waals surface area contributed by atoms with Gasteiger partial charge in [-0.2, -0.15) is 13.2 Å². The molecular weight excluding hydrogens is 311 g/mol. The van der Waals surface area contributed by atoms with E-state index < -0.39 is 24.0 Å². The smallest absolute Gasteiger partial charge is 0.349 e. The first-order valence-corrected chi connectivity index (χ1v) is 6.14. The molecule has 0 bridgehead atoms. The van der Waals surface area contributed by atoms with Crippen LogP contribution in [0.25, 0.3) is 0 Å². The molecule has 0 aromatic heterocycles. The van der Waals surface area contributed by atoms with E-state index in [4.69, 9.17) is 0 Å². The number of carbonyl (C=O) groups is 1. The molecule has 0 saturated carbocycles. The molecule has 1 rings (SSSR count). The minimum atomic E-state index is -4.52. The number of hydrogen-bond acceptors (Lipinski definition) is 1. The van der Waals surface area contributed by atoms with Gasteiger partial charge in [0.15, 0.2) is 0 Å². The van der Waals surface area contributed by atoms with Gasteiger partial charge in [0, 0.05) is 4.47 Å². The first-order chi connectivity index (χ1) is 8.23. The van der Waals surface area contributed by atoms with Crippen molar-refractivity contribution in [3.05, 3.63) is 34.3 Å². The second-order valence-corrected chi connectivity index (χ2v) is 4.87. The molecule has 0 spiro atoms. The fourth-order valence-electron chi connectivity index (χ4n) is 1.39. The lowest BCUT2D eigenvalue weighted by atomic mass is 10.1. The molecule has 2 atom stereocenters. The highest BCUT2D eigenvalue weighted by molar-refractivity contribution is 9.10. The van der Waals surface area contributed by atoms with Gasteiger partial charge in [-0.3, -0.25) is 4.79 Å². The molecule has 1 aromatic carbocycles. The van der Waals surface area contributed by atoms with Crippen molar-refractivity contribution in [2.45, 2.75) is 26.1 Å². The van der Waals surface area contributed by atoms with Crippen molar-refractivity contribution >= 4 is 21.8 Å². The number of benzene rings is 1. The number of amides is 1. The summed E-state index contributed by atoms with van der Waals surface area (Å²) in [4.78, 5) is 11.4. The van der Waals surface area contributed by atoms with Gasteiger partial charge in [-0.05, 0) is 25.5 Å². The minimum Gasteiger partial charge on any atom is -0.349 e. The van der Waals surface area contributed by atoms with Crippen LogP contribution >= 0.6 is 15.9 Å². The van der Waals surface area contributed by atoms with E-state index in [-0.39, 0.29) is 0 Å². The van der Waals surface area contributed by atoms with E-state index in [1.54, 1.807) is 31.2 Å². The Balaban J connectivity index is 2.75. The van der Waals surface area contributed by atoms with Crippen molar-refractivity contribution in [3.63, 3.8) is 0 Å². The van der Waals surface area contributed by atoms with Crippen molar-refractivity contribution in [2.24, 2.45) is 5.92 Å². The van der Waals surface area contributed by atoms with Crippen LogP contribution in [0.3, 0.4) is 0 Å². The van der Waals surface area contributed by atoms with E-state index in [1.807, 2.05) is 0 Å². The highest BCUT2D eigenvalue weighted by Crippen LogP contribution is 2.27. The molecule has 100 valence electrons. The molecule has 1 aromatic rings. The van der Waals surface area contributed by atoms with Crippen molar-refractivity contribution in [2.75, 3.05) is 0 Å². The van der Waals surface area contributed by atoms with Crippen molar-refractivity contribution < 1.29 is 18.0 Å². The summed E-state index contributed by atoms with van der Waals surface area (Å²) in [5.41, 5.74) is 0.736. The Morgan fingerprint density at radius 2 is 1.83 bits per heavy atom. The number of nitrogens with one attached hydrogen (secondary N) is 1. The van der Waals surface area contributed by atoms with E-state index in [1.165, 1.54) is 0 Å². The summed E-state index contributed by atoms with van der Waals surface area (Å²) in [7, 11) is 0. The zero-order valence-electron chi connectivity index (χ0n) is 9.88. The largest absolute Gasteiger partial charge is 0.400 e. The number of halogens is 4. The molecule has 0 saturated heterocycles. The molecule has 18 heavy (non-hydrogen) atoms. The molecule has 0 fully saturated rings. The van der Waals surface area contributed by atoms with E-state index in [9.17, 15) is 18.0 Å². The Morgan fingerprint density at radius 3 is 2.33 bits per heavy atom. The lowest BCUT2D eigenvalue weighted by Gasteiger charge is -2.20. The summed E-state index contributed by atoms with van der Waals surface area (Å²) >= 11 is 3.29. The lowest BCUT2D eigenvalue weighted by Crippen LogP contribution is -2.38. The van der Waals surface area contributed by atoms with Gasteiger partial charge in [-0.25, -0.2) is 0 Å². The Hall–Kier alpha value is -1.04. The average molecular weight is 324 g/mol. The fraction of sp³-hybridized carbons (Fsp3) is 0.417. The Morgan fingerprint density at radius 1 is 1.28 bits per heavy atom. The van der Waals surface area contributed by atoms with Crippen LogP contribution < -0.4 is 5.32 Å². The molecule has 1 N–H and O–H groups in total. The van der Waals surface area contributed by atoms with Gasteiger partial charge in [-0.1, -0.05) is 34.1 Å². The molecular formula is C12H13BrF3NO. The second kappa shape index (κ2) is 5.73. The van der Waals surface area contributed by atoms with Crippen LogP contribution in [0.2, 0.25) is 0 Å². The highest BCUT2D eigenvalue weighted by Gasteiger charge is 2.41. The number of alkyl halides is 3. The SMILES string of the molecule is C[C@H](NC(=O)[C@@H](C)C(F)(F)F)c1ccccc1Br. The minimum absolute atomic E-state index is 0.488. The van der Waals surface area contributed by atoms with Crippen molar-refractivity contribution in [3.8, 4) is 0 Å². The standard InChI is InChI=1S/C12H13BrF3NO/c1-7(12(14,15)16)11(18)17-8(2)9-5-3-4-6-10(9)13/h3-8H,1-2H3,(H,17,18)/t7-,8+/m1/s1. The summed E-state index contributed by atoms with van der Waals surface area (Å²) in [6.07, 6.45) is -4.52. The summed E-state index contributed by atoms with van der Waals surface area (Å²) in [5.74, 6) is -3.03. The molecule has 1 amide bonds. The first kappa shape index (κ1) is 15.0. The van der Waals surface area contributed by atoms with Gasteiger partial charge in [-0.15, -0.1) is 0 Å². The molecule has 0 aliphatic heterocycles. The second-order valence-electron chi connectivity index (χ2n) is 4.02. The summed E-state index contributed by atoms with van der Waals surface area (Å²) in [6.45, 7) is 2.49. The van der Waals surface area contributed by atoms with Gasteiger partial charge < -0.3 is 5.32 Å². The quantitative estimate of drug-likeness (QED) is 0.900. The number of rotatable bonds is 3.